The summed E-state index contributed by atoms with van der Waals surface area (Å²) in [6.07, 6.45) is 5.26. The second-order valence-electron chi connectivity index (χ2n) is 10.5. The van der Waals surface area contributed by atoms with E-state index in [4.69, 9.17) is 11.6 Å². The summed E-state index contributed by atoms with van der Waals surface area (Å²) in [6, 6.07) is 21.2. The largest absolute Gasteiger partial charge is 0.352 e. The molecular formula is C31H35BrClN3O4S. The standard InChI is InChI=1S/C31H35BrClN3O4S/c1-22-12-17-27(19-28(22)33)36(41(2,39)40)21-30(37)35(20-24-13-15-25(32)16-14-24)29(18-23-8-4-3-5-9-23)31(38)34-26-10-6-7-11-26/h3-5,8-9,12-17,19,26,29H,6-7,10-11,18,20-21H2,1-2H3,(H,34,38)/t29-/m0/s1. The average molecular weight is 661 g/mol. The molecule has 4 rings (SSSR count). The predicted octanol–water partition coefficient (Wildman–Crippen LogP) is 5.88. The number of anilines is 1. The number of aryl methyl sites for hydroxylation is 1. The first kappa shape index (κ1) is 31.1. The molecule has 1 N–H and O–H groups in total. The van der Waals surface area contributed by atoms with E-state index in [1.165, 1.54) is 4.90 Å². The van der Waals surface area contributed by atoms with Crippen molar-refractivity contribution >= 4 is 55.1 Å². The zero-order chi connectivity index (χ0) is 29.6. The van der Waals surface area contributed by atoms with Crippen molar-refractivity contribution < 1.29 is 18.0 Å². The van der Waals surface area contributed by atoms with Gasteiger partial charge in [-0.15, -0.1) is 0 Å². The Morgan fingerprint density at radius 3 is 2.27 bits per heavy atom. The molecule has 218 valence electrons. The number of rotatable bonds is 11. The van der Waals surface area contributed by atoms with E-state index < -0.39 is 28.5 Å². The predicted molar refractivity (Wildman–Crippen MR) is 167 cm³/mol. The number of carbonyl (C=O) groups excluding carboxylic acids is 2. The van der Waals surface area contributed by atoms with E-state index >= 15 is 0 Å². The molecule has 0 radical (unpaired) electrons. The van der Waals surface area contributed by atoms with Crippen LogP contribution in [0.4, 0.5) is 5.69 Å². The van der Waals surface area contributed by atoms with Crippen LogP contribution in [0.15, 0.2) is 77.3 Å². The second-order valence-corrected chi connectivity index (χ2v) is 13.8. The van der Waals surface area contributed by atoms with Crippen LogP contribution < -0.4 is 9.62 Å². The van der Waals surface area contributed by atoms with Gasteiger partial charge in [0.1, 0.15) is 12.6 Å². The minimum atomic E-state index is -3.86. The number of benzene rings is 3. The van der Waals surface area contributed by atoms with Gasteiger partial charge < -0.3 is 10.2 Å². The molecule has 0 saturated heterocycles. The van der Waals surface area contributed by atoms with Crippen molar-refractivity contribution in [3.63, 3.8) is 0 Å². The molecule has 2 amide bonds. The lowest BCUT2D eigenvalue weighted by Crippen LogP contribution is -2.54. The Labute approximate surface area is 256 Å². The fourth-order valence-electron chi connectivity index (χ4n) is 5.06. The number of nitrogens with one attached hydrogen (secondary N) is 1. The highest BCUT2D eigenvalue weighted by atomic mass is 79.9. The first-order chi connectivity index (χ1) is 19.5. The third-order valence-corrected chi connectivity index (χ3v) is 9.44. The first-order valence-corrected chi connectivity index (χ1v) is 16.7. The summed E-state index contributed by atoms with van der Waals surface area (Å²) in [5.41, 5.74) is 2.80. The quantitative estimate of drug-likeness (QED) is 0.279. The van der Waals surface area contributed by atoms with Crippen molar-refractivity contribution in [3.8, 4) is 0 Å². The van der Waals surface area contributed by atoms with Gasteiger partial charge >= 0.3 is 0 Å². The summed E-state index contributed by atoms with van der Waals surface area (Å²) in [4.78, 5) is 29.5. The minimum absolute atomic E-state index is 0.0626. The molecule has 3 aromatic carbocycles. The summed E-state index contributed by atoms with van der Waals surface area (Å²) in [5, 5.41) is 3.57. The minimum Gasteiger partial charge on any atom is -0.352 e. The molecule has 1 saturated carbocycles. The van der Waals surface area contributed by atoms with Gasteiger partial charge in [0.05, 0.1) is 11.9 Å². The second kappa shape index (κ2) is 13.9. The number of amides is 2. The number of halogens is 2. The van der Waals surface area contributed by atoms with E-state index in [0.29, 0.717) is 5.02 Å². The maximum atomic E-state index is 14.2. The van der Waals surface area contributed by atoms with Crippen LogP contribution in [0.1, 0.15) is 42.4 Å². The van der Waals surface area contributed by atoms with Crippen LogP contribution in [-0.4, -0.2) is 50.0 Å². The van der Waals surface area contributed by atoms with Gasteiger partial charge in [0.2, 0.25) is 21.8 Å². The summed E-state index contributed by atoms with van der Waals surface area (Å²) >= 11 is 9.77. The van der Waals surface area contributed by atoms with Gasteiger partial charge in [-0.25, -0.2) is 8.42 Å². The summed E-state index contributed by atoms with van der Waals surface area (Å²) in [7, 11) is -3.86. The molecule has 41 heavy (non-hydrogen) atoms. The molecule has 1 fully saturated rings. The van der Waals surface area contributed by atoms with Crippen LogP contribution in [0, 0.1) is 6.92 Å². The fraction of sp³-hybridized carbons (Fsp3) is 0.355. The Kier molecular flexibility index (Phi) is 10.5. The van der Waals surface area contributed by atoms with Crippen LogP contribution in [-0.2, 0) is 32.6 Å². The van der Waals surface area contributed by atoms with E-state index in [-0.39, 0.29) is 30.6 Å². The Hall–Kier alpha value is -2.88. The van der Waals surface area contributed by atoms with Gasteiger partial charge in [-0.2, -0.15) is 0 Å². The zero-order valence-electron chi connectivity index (χ0n) is 23.2. The molecule has 0 bridgehead atoms. The number of hydrogen-bond acceptors (Lipinski definition) is 4. The Morgan fingerprint density at radius 1 is 1.00 bits per heavy atom. The normalized spacial score (nSPS) is 14.4. The third kappa shape index (κ3) is 8.56. The van der Waals surface area contributed by atoms with Gasteiger partial charge in [0.25, 0.3) is 0 Å². The van der Waals surface area contributed by atoms with Gasteiger partial charge in [0, 0.05) is 28.5 Å². The lowest BCUT2D eigenvalue weighted by Gasteiger charge is -2.34. The number of hydrogen-bond donors (Lipinski definition) is 1. The van der Waals surface area contributed by atoms with E-state index in [1.807, 2.05) is 61.5 Å². The number of nitrogens with zero attached hydrogens (tertiary/aromatic N) is 2. The molecule has 1 aliphatic rings. The number of carbonyl (C=O) groups is 2. The molecule has 10 heteroatoms. The molecule has 1 atom stereocenters. The molecule has 7 nitrogen and oxygen atoms in total. The maximum absolute atomic E-state index is 14.2. The summed E-state index contributed by atoms with van der Waals surface area (Å²) in [6.45, 7) is 1.48. The zero-order valence-corrected chi connectivity index (χ0v) is 26.4. The van der Waals surface area contributed by atoms with Gasteiger partial charge in [-0.05, 0) is 60.7 Å². The fourth-order valence-corrected chi connectivity index (χ4v) is 6.34. The van der Waals surface area contributed by atoms with Crippen molar-refractivity contribution in [1.82, 2.24) is 10.2 Å². The van der Waals surface area contributed by atoms with Crippen molar-refractivity contribution in [2.45, 2.75) is 57.7 Å². The molecular weight excluding hydrogens is 626 g/mol. The van der Waals surface area contributed by atoms with Crippen LogP contribution in [0.5, 0.6) is 0 Å². The Morgan fingerprint density at radius 2 is 1.66 bits per heavy atom. The first-order valence-electron chi connectivity index (χ1n) is 13.6. The smallest absolute Gasteiger partial charge is 0.244 e. The lowest BCUT2D eigenvalue weighted by atomic mass is 10.0. The summed E-state index contributed by atoms with van der Waals surface area (Å²) in [5.74, 6) is -0.729. The van der Waals surface area contributed by atoms with Gasteiger partial charge in [-0.1, -0.05) is 88.9 Å². The van der Waals surface area contributed by atoms with Crippen LogP contribution in [0.25, 0.3) is 0 Å². The SMILES string of the molecule is Cc1ccc(N(CC(=O)N(Cc2ccc(Br)cc2)[C@@H](Cc2ccccc2)C(=O)NC2CCCC2)S(C)(=O)=O)cc1Cl. The van der Waals surface area contributed by atoms with Crippen LogP contribution in [0.3, 0.4) is 0 Å². The van der Waals surface area contributed by atoms with Crippen molar-refractivity contribution in [1.29, 1.82) is 0 Å². The molecule has 0 unspecified atom stereocenters. The van der Waals surface area contributed by atoms with Crippen molar-refractivity contribution in [3.05, 3.63) is 99.0 Å². The Bertz CT molecular complexity index is 1460. The number of sulfonamides is 1. The highest BCUT2D eigenvalue weighted by Crippen LogP contribution is 2.26. The monoisotopic (exact) mass is 659 g/mol. The van der Waals surface area contributed by atoms with E-state index in [1.54, 1.807) is 18.2 Å². The van der Waals surface area contributed by atoms with Crippen LogP contribution >= 0.6 is 27.5 Å². The maximum Gasteiger partial charge on any atom is 0.244 e. The van der Waals surface area contributed by atoms with E-state index in [2.05, 4.69) is 21.2 Å². The van der Waals surface area contributed by atoms with Crippen molar-refractivity contribution in [2.75, 3.05) is 17.1 Å². The van der Waals surface area contributed by atoms with Gasteiger partial charge in [0.15, 0.2) is 0 Å². The van der Waals surface area contributed by atoms with E-state index in [0.717, 1.165) is 57.4 Å². The highest BCUT2D eigenvalue weighted by Gasteiger charge is 2.34. The molecule has 3 aromatic rings. The lowest BCUT2D eigenvalue weighted by molar-refractivity contribution is -0.140. The van der Waals surface area contributed by atoms with Crippen LogP contribution in [0.2, 0.25) is 5.02 Å². The third-order valence-electron chi connectivity index (χ3n) is 7.36. The average Bonchev–Trinajstić information content (AvgIpc) is 3.45. The van der Waals surface area contributed by atoms with Crippen molar-refractivity contribution in [2.24, 2.45) is 0 Å². The summed E-state index contributed by atoms with van der Waals surface area (Å²) < 4.78 is 27.8. The molecule has 0 spiro atoms. The highest BCUT2D eigenvalue weighted by molar-refractivity contribution is 9.10. The van der Waals surface area contributed by atoms with Gasteiger partial charge in [-0.3, -0.25) is 13.9 Å². The molecule has 0 heterocycles. The van der Waals surface area contributed by atoms with E-state index in [9.17, 15) is 18.0 Å². The molecule has 1 aliphatic carbocycles. The Balaban J connectivity index is 1.72. The molecule has 0 aromatic heterocycles. The topological polar surface area (TPSA) is 86.8 Å². The molecule has 0 aliphatic heterocycles.